The lowest BCUT2D eigenvalue weighted by atomic mass is 10.2. The second-order valence-corrected chi connectivity index (χ2v) is 4.21. The van der Waals surface area contributed by atoms with Crippen LogP contribution in [0.4, 0.5) is 4.79 Å². The van der Waals surface area contributed by atoms with Crippen LogP contribution in [0, 0.1) is 0 Å². The van der Waals surface area contributed by atoms with E-state index in [4.69, 9.17) is 5.11 Å². The van der Waals surface area contributed by atoms with Crippen molar-refractivity contribution in [3.05, 3.63) is 35.9 Å². The largest absolute Gasteiger partial charge is 0.465 e. The van der Waals surface area contributed by atoms with Crippen LogP contribution in [0.25, 0.3) is 0 Å². The highest BCUT2D eigenvalue weighted by Gasteiger charge is 2.11. The van der Waals surface area contributed by atoms with Crippen LogP contribution < -0.4 is 0 Å². The molecule has 0 aliphatic rings. The fourth-order valence-electron chi connectivity index (χ4n) is 1.75. The first-order valence-corrected chi connectivity index (χ1v) is 6.19. The Kier molecular flexibility index (Phi) is 6.54. The van der Waals surface area contributed by atoms with Crippen molar-refractivity contribution >= 4 is 12.4 Å². The summed E-state index contributed by atoms with van der Waals surface area (Å²) < 4.78 is 0. The monoisotopic (exact) mass is 249 g/mol. The highest BCUT2D eigenvalue weighted by Crippen LogP contribution is 2.07. The highest BCUT2D eigenvalue weighted by molar-refractivity contribution is 5.64. The number of hydrogen-bond acceptors (Lipinski definition) is 2. The van der Waals surface area contributed by atoms with Crippen LogP contribution in [-0.4, -0.2) is 28.9 Å². The summed E-state index contributed by atoms with van der Waals surface area (Å²) in [7, 11) is 0. The highest BCUT2D eigenvalue weighted by atomic mass is 16.4. The molecule has 1 N–H and O–H groups in total. The topological polar surface area (TPSA) is 57.6 Å². The molecule has 4 heteroatoms. The number of rotatable bonds is 8. The van der Waals surface area contributed by atoms with Gasteiger partial charge in [-0.05, 0) is 18.4 Å². The van der Waals surface area contributed by atoms with Gasteiger partial charge in [-0.2, -0.15) is 0 Å². The number of nitrogens with zero attached hydrogens (tertiary/aromatic N) is 1. The van der Waals surface area contributed by atoms with E-state index < -0.39 is 6.09 Å². The fourth-order valence-corrected chi connectivity index (χ4v) is 1.75. The number of amides is 1. The van der Waals surface area contributed by atoms with Crippen LogP contribution in [-0.2, 0) is 11.3 Å². The Morgan fingerprint density at radius 2 is 1.89 bits per heavy atom. The summed E-state index contributed by atoms with van der Waals surface area (Å²) in [6.45, 7) is 0.937. The summed E-state index contributed by atoms with van der Waals surface area (Å²) in [5.74, 6) is 0. The van der Waals surface area contributed by atoms with Crippen LogP contribution in [0.3, 0.4) is 0 Å². The molecular formula is C14H19NO3. The quantitative estimate of drug-likeness (QED) is 0.569. The lowest BCUT2D eigenvalue weighted by Gasteiger charge is -2.19. The first-order chi connectivity index (χ1) is 8.74. The summed E-state index contributed by atoms with van der Waals surface area (Å²) in [6.07, 6.45) is 3.09. The Morgan fingerprint density at radius 3 is 2.50 bits per heavy atom. The number of unbranched alkanes of at least 4 members (excludes halogenated alkanes) is 3. The third-order valence-corrected chi connectivity index (χ3v) is 2.74. The number of carbonyl (C=O) groups excluding carboxylic acids is 1. The molecule has 0 heterocycles. The van der Waals surface area contributed by atoms with Crippen molar-refractivity contribution in [1.29, 1.82) is 0 Å². The van der Waals surface area contributed by atoms with Gasteiger partial charge in [-0.1, -0.05) is 36.8 Å². The minimum absolute atomic E-state index is 0.420. The molecule has 0 saturated carbocycles. The maximum atomic E-state index is 11.1. The van der Waals surface area contributed by atoms with Crippen molar-refractivity contribution in [2.75, 3.05) is 6.54 Å². The molecule has 1 amide bonds. The third-order valence-electron chi connectivity index (χ3n) is 2.74. The Hall–Kier alpha value is -1.84. The van der Waals surface area contributed by atoms with Crippen molar-refractivity contribution in [3.63, 3.8) is 0 Å². The normalized spacial score (nSPS) is 10.0. The van der Waals surface area contributed by atoms with E-state index in [2.05, 4.69) is 0 Å². The fraction of sp³-hybridized carbons (Fsp3) is 0.429. The molecule has 1 aromatic carbocycles. The van der Waals surface area contributed by atoms with Gasteiger partial charge in [0, 0.05) is 19.5 Å². The molecule has 0 saturated heterocycles. The molecule has 0 bridgehead atoms. The maximum absolute atomic E-state index is 11.1. The molecule has 1 rings (SSSR count). The van der Waals surface area contributed by atoms with Gasteiger partial charge in [0.25, 0.3) is 0 Å². The van der Waals surface area contributed by atoms with E-state index in [1.165, 1.54) is 4.90 Å². The average Bonchev–Trinajstić information content (AvgIpc) is 2.38. The molecule has 18 heavy (non-hydrogen) atoms. The van der Waals surface area contributed by atoms with E-state index in [-0.39, 0.29) is 0 Å². The lowest BCUT2D eigenvalue weighted by molar-refractivity contribution is -0.107. The van der Waals surface area contributed by atoms with Crippen LogP contribution >= 0.6 is 0 Å². The Morgan fingerprint density at radius 1 is 1.17 bits per heavy atom. The molecule has 0 spiro atoms. The Bertz CT molecular complexity index is 365. The molecule has 0 aliphatic heterocycles. The summed E-state index contributed by atoms with van der Waals surface area (Å²) >= 11 is 0. The van der Waals surface area contributed by atoms with Crippen molar-refractivity contribution in [1.82, 2.24) is 4.90 Å². The van der Waals surface area contributed by atoms with E-state index in [9.17, 15) is 9.59 Å². The molecule has 98 valence electrons. The molecule has 0 radical (unpaired) electrons. The van der Waals surface area contributed by atoms with Crippen molar-refractivity contribution in [2.24, 2.45) is 0 Å². The van der Waals surface area contributed by atoms with Crippen LogP contribution in [0.1, 0.15) is 31.2 Å². The van der Waals surface area contributed by atoms with E-state index >= 15 is 0 Å². The third kappa shape index (κ3) is 5.48. The van der Waals surface area contributed by atoms with Gasteiger partial charge in [0.05, 0.1) is 0 Å². The van der Waals surface area contributed by atoms with Gasteiger partial charge in [0.1, 0.15) is 6.29 Å². The number of carboxylic acid groups (broad SMARTS) is 1. The summed E-state index contributed by atoms with van der Waals surface area (Å²) in [5.41, 5.74) is 0.993. The first kappa shape index (κ1) is 14.2. The van der Waals surface area contributed by atoms with Gasteiger partial charge in [-0.15, -0.1) is 0 Å². The minimum Gasteiger partial charge on any atom is -0.465 e. The second-order valence-electron chi connectivity index (χ2n) is 4.21. The van der Waals surface area contributed by atoms with Crippen molar-refractivity contribution in [3.8, 4) is 0 Å². The van der Waals surface area contributed by atoms with Crippen LogP contribution in [0.15, 0.2) is 30.3 Å². The Labute approximate surface area is 107 Å². The SMILES string of the molecule is O=CCCCCCN(Cc1ccccc1)C(=O)O. The zero-order valence-electron chi connectivity index (χ0n) is 10.4. The number of carbonyl (C=O) groups is 2. The van der Waals surface area contributed by atoms with Gasteiger partial charge in [-0.3, -0.25) is 0 Å². The molecule has 0 aromatic heterocycles. The van der Waals surface area contributed by atoms with E-state index in [1.807, 2.05) is 30.3 Å². The van der Waals surface area contributed by atoms with Crippen LogP contribution in [0.2, 0.25) is 0 Å². The molecule has 0 fully saturated rings. The van der Waals surface area contributed by atoms with Gasteiger partial charge < -0.3 is 14.8 Å². The molecule has 0 atom stereocenters. The van der Waals surface area contributed by atoms with Gasteiger partial charge in [0.15, 0.2) is 0 Å². The number of aldehydes is 1. The zero-order valence-corrected chi connectivity index (χ0v) is 10.4. The smallest absolute Gasteiger partial charge is 0.407 e. The summed E-state index contributed by atoms with van der Waals surface area (Å²) in [5, 5.41) is 9.11. The molecule has 1 aromatic rings. The van der Waals surface area contributed by atoms with Gasteiger partial charge in [0.2, 0.25) is 0 Å². The zero-order chi connectivity index (χ0) is 13.2. The number of benzene rings is 1. The van der Waals surface area contributed by atoms with E-state index in [0.717, 1.165) is 31.1 Å². The minimum atomic E-state index is -0.894. The lowest BCUT2D eigenvalue weighted by Crippen LogP contribution is -2.29. The second kappa shape index (κ2) is 8.28. The van der Waals surface area contributed by atoms with Crippen molar-refractivity contribution < 1.29 is 14.7 Å². The summed E-state index contributed by atoms with van der Waals surface area (Å²) in [6, 6.07) is 9.55. The maximum Gasteiger partial charge on any atom is 0.407 e. The van der Waals surface area contributed by atoms with Gasteiger partial charge in [-0.25, -0.2) is 4.79 Å². The molecule has 0 unspecified atom stereocenters. The standard InChI is InChI=1S/C14H19NO3/c16-11-7-2-1-6-10-15(14(17)18)12-13-8-4-3-5-9-13/h3-5,8-9,11H,1-2,6-7,10,12H2,(H,17,18). The molecule has 0 aliphatic carbocycles. The Balaban J connectivity index is 2.36. The van der Waals surface area contributed by atoms with E-state index in [1.54, 1.807) is 0 Å². The predicted molar refractivity (Wildman–Crippen MR) is 69.4 cm³/mol. The summed E-state index contributed by atoms with van der Waals surface area (Å²) in [4.78, 5) is 22.7. The van der Waals surface area contributed by atoms with Gasteiger partial charge >= 0.3 is 6.09 Å². The molecular weight excluding hydrogens is 230 g/mol. The van der Waals surface area contributed by atoms with E-state index in [0.29, 0.717) is 19.5 Å². The predicted octanol–water partition coefficient (Wildman–Crippen LogP) is 2.93. The first-order valence-electron chi connectivity index (χ1n) is 6.19. The number of hydrogen-bond donors (Lipinski definition) is 1. The average molecular weight is 249 g/mol. The molecule has 4 nitrogen and oxygen atoms in total. The van der Waals surface area contributed by atoms with Crippen LogP contribution in [0.5, 0.6) is 0 Å². The van der Waals surface area contributed by atoms with Crippen molar-refractivity contribution in [2.45, 2.75) is 32.2 Å².